The third kappa shape index (κ3) is 26.3. The number of carbonyl (C=O) groups excluding carboxylic acids is 13. The molecule has 13 amide bonds. The fourth-order valence-corrected chi connectivity index (χ4v) is 17.3. The number of rotatable bonds is 20. The van der Waals surface area contributed by atoms with Crippen LogP contribution in [-0.2, 0) is 104 Å². The Hall–Kier alpha value is -12.1. The molecule has 9 rings (SSSR count). The zero-order valence-corrected chi connectivity index (χ0v) is 72.2. The number of phenolic OH excluding ortho intramolecular Hbond substituents is 1. The number of benzene rings is 5. The molecule has 3 aliphatic rings. The average Bonchev–Trinajstić information content (AvgIpc) is 1.61. The Balaban J connectivity index is 1.10. The van der Waals surface area contributed by atoms with E-state index >= 15 is 47.1 Å². The molecule has 4 heterocycles. The lowest BCUT2D eigenvalue weighted by Gasteiger charge is -2.38. The number of aliphatic hydroxyl groups is 2. The lowest BCUT2D eigenvalue weighted by molar-refractivity contribution is -0.152. The number of phenols is 1. The van der Waals surface area contributed by atoms with Crippen molar-refractivity contribution in [1.82, 2.24) is 72.0 Å². The largest absolute Gasteiger partial charge is 0.508 e. The van der Waals surface area contributed by atoms with Crippen LogP contribution in [0.25, 0.3) is 10.9 Å². The number of carboxylic acids is 2. The van der Waals surface area contributed by atoms with Crippen LogP contribution in [0.2, 0.25) is 0 Å². The van der Waals surface area contributed by atoms with E-state index in [0.29, 0.717) is 51.7 Å². The Labute approximate surface area is 733 Å². The number of halogens is 3. The number of aromatic amines is 1. The number of aromatic nitrogens is 1. The van der Waals surface area contributed by atoms with Crippen molar-refractivity contribution < 1.29 is 111 Å². The van der Waals surface area contributed by atoms with E-state index < -0.39 is 248 Å². The number of carbonyl (C=O) groups is 15. The van der Waals surface area contributed by atoms with Gasteiger partial charge in [-0.05, 0) is 83.8 Å². The summed E-state index contributed by atoms with van der Waals surface area (Å²) in [6, 6.07) is 9.01. The molecule has 0 aliphatic carbocycles. The molecule has 6 aromatic rings. The van der Waals surface area contributed by atoms with Gasteiger partial charge in [0.25, 0.3) is 0 Å². The van der Waals surface area contributed by atoms with E-state index in [1.165, 1.54) is 66.2 Å². The number of para-hydroxylation sites is 1. The maximum Gasteiger partial charge on any atom is 0.305 e. The summed E-state index contributed by atoms with van der Waals surface area (Å²) < 4.78 is 44.7. The number of amides is 13. The molecule has 14 atom stereocenters. The Bertz CT molecular complexity index is 4900. The fraction of sp³-hybridized carbons (Fsp3) is 0.460. The van der Waals surface area contributed by atoms with Crippen molar-refractivity contribution in [2.45, 2.75) is 189 Å². The first-order chi connectivity index (χ1) is 59.9. The monoisotopic (exact) mass is 1790 g/mol. The van der Waals surface area contributed by atoms with Crippen molar-refractivity contribution >= 4 is 123 Å². The number of thioether (sulfide) groups is 2. The number of unbranched alkanes of at least 4 members (excludes halogenated alkanes) is 1. The van der Waals surface area contributed by atoms with Gasteiger partial charge in [-0.15, -0.1) is 23.5 Å². The predicted octanol–water partition coefficient (Wildman–Crippen LogP) is 1.97. The molecule has 3 fully saturated rings. The standard InChI is InChI=1S/C87H107F3N14O20S2/c1-8-9-24-66-86(123)103-42-55(107)38-68(103)81(118)97-63(39-72(109)110)79(116)99-75(47(2)3)87(124)101(6)67(35-49-18-12-10-13-19-49)80(117)98-65(40-73(111)112)84(121)104-46-126-44-70(104)82(119)96-62(37-53-41-91-59-23-17-16-22-56(53)59)78(115)95-61(33-51-25-27-54(106)28-26-51)77(114)94-60(29-30-105)76(113)92-48(4)43-125-45-71(108)93-64(34-52-31-57(88)74(90)58(89)32-52)83(120)102(7)69(85(122)100(66)5)36-50-20-14-11-15-21-50/h10-23,25-28,31-32,41,47-48,55,60-70,75,91,105-107H,8-9,24,29-30,33-40,42-46H2,1-7H3,(H,92,113)(H,93,108)(H,94,114)(H,95,115)(H,96,119)(H,97,118)(H,98,117)(H,99,116)(H,109,110)(H,111,112)/t48-,55-,60+,61+,62+,63+,64+,65+,66+,67+,68-,69+,70-,75+/m1/s1. The summed E-state index contributed by atoms with van der Waals surface area (Å²) >= 11 is 1.97. The molecule has 0 saturated carbocycles. The molecular weight excluding hydrogens is 1680 g/mol. The minimum Gasteiger partial charge on any atom is -0.508 e. The number of aliphatic hydroxyl groups excluding tert-OH is 2. The van der Waals surface area contributed by atoms with Crippen LogP contribution in [-0.4, -0.2) is 286 Å². The average molecular weight is 1790 g/mol. The SMILES string of the molecule is CCCC[C@H]1C(=O)N2C[C@H](O)C[C@@H]2C(=O)N[C@@H](CC(=O)O)C(=O)N[C@@H](C(C)C)C(=O)N(C)[C@@H](Cc2ccccc2)C(=O)N[C@@H](CC(=O)O)C(=O)N2CSC[C@@H]2C(=O)N[C@@H](Cc2c[nH]c3ccccc23)C(=O)N[C@@H](Cc2ccc(O)cc2)C(=O)N[C@@H](CCO)C(=O)N[C@H](C)CSCC(=O)N[C@@H](Cc2cc(F)c(F)c(F)c2)C(=O)N(C)[C@@H](Cc2ccccc2)C(=O)N1C. The molecule has 5 aromatic carbocycles. The third-order valence-corrected chi connectivity index (χ3v) is 24.4. The number of fused-ring (bicyclic) bond motifs is 3. The first-order valence-corrected chi connectivity index (χ1v) is 43.5. The molecular formula is C87H107F3N14O20S2. The molecule has 0 spiro atoms. The minimum absolute atomic E-state index is 0.0720. The zero-order chi connectivity index (χ0) is 91.9. The molecule has 126 heavy (non-hydrogen) atoms. The summed E-state index contributed by atoms with van der Waals surface area (Å²) in [6.45, 7) is 5.07. The lowest BCUT2D eigenvalue weighted by Crippen LogP contribution is -2.62. The summed E-state index contributed by atoms with van der Waals surface area (Å²) in [4.78, 5) is 229. The molecule has 1 aromatic heterocycles. The third-order valence-electron chi connectivity index (χ3n) is 22.2. The molecule has 39 heteroatoms. The number of hydrogen-bond donors (Lipinski definition) is 14. The van der Waals surface area contributed by atoms with Crippen LogP contribution in [0.15, 0.2) is 128 Å². The van der Waals surface area contributed by atoms with Crippen LogP contribution in [0.1, 0.15) is 100 Å². The van der Waals surface area contributed by atoms with E-state index in [4.69, 9.17) is 0 Å². The Morgan fingerprint density at radius 2 is 1.02 bits per heavy atom. The molecule has 0 bridgehead atoms. The van der Waals surface area contributed by atoms with Gasteiger partial charge in [0.05, 0.1) is 30.6 Å². The van der Waals surface area contributed by atoms with E-state index in [1.54, 1.807) is 98.0 Å². The van der Waals surface area contributed by atoms with Crippen molar-refractivity contribution in [3.05, 3.63) is 173 Å². The van der Waals surface area contributed by atoms with Gasteiger partial charge in [0.15, 0.2) is 17.5 Å². The number of aliphatic carboxylic acids is 2. The smallest absolute Gasteiger partial charge is 0.305 e. The van der Waals surface area contributed by atoms with Crippen molar-refractivity contribution in [3.8, 4) is 5.75 Å². The van der Waals surface area contributed by atoms with E-state index in [0.717, 1.165) is 48.0 Å². The molecule has 678 valence electrons. The summed E-state index contributed by atoms with van der Waals surface area (Å²) in [5.74, 6) is -23.6. The van der Waals surface area contributed by atoms with Crippen LogP contribution < -0.4 is 42.5 Å². The van der Waals surface area contributed by atoms with E-state index in [1.807, 2.05) is 0 Å². The highest BCUT2D eigenvalue weighted by atomic mass is 32.2. The first kappa shape index (κ1) is 97.7. The summed E-state index contributed by atoms with van der Waals surface area (Å²) in [5.41, 5.74) is 2.04. The Morgan fingerprint density at radius 3 is 1.64 bits per heavy atom. The van der Waals surface area contributed by atoms with Crippen molar-refractivity contribution in [1.29, 1.82) is 0 Å². The number of carboxylic acid groups (broad SMARTS) is 2. The quantitative estimate of drug-likeness (QED) is 0.0486. The molecule has 0 radical (unpaired) electrons. The zero-order valence-electron chi connectivity index (χ0n) is 70.6. The number of nitrogens with one attached hydrogen (secondary N) is 9. The first-order valence-electron chi connectivity index (χ1n) is 41.2. The van der Waals surface area contributed by atoms with Crippen molar-refractivity contribution in [2.75, 3.05) is 57.4 Å². The molecule has 3 saturated heterocycles. The molecule has 34 nitrogen and oxygen atoms in total. The second kappa shape index (κ2) is 45.7. The van der Waals surface area contributed by atoms with Crippen LogP contribution >= 0.6 is 23.5 Å². The van der Waals surface area contributed by atoms with E-state index in [2.05, 4.69) is 47.5 Å². The van der Waals surface area contributed by atoms with E-state index in [-0.39, 0.29) is 67.2 Å². The topological polar surface area (TPSA) is 485 Å². The second-order valence-electron chi connectivity index (χ2n) is 31.9. The predicted molar refractivity (Wildman–Crippen MR) is 457 cm³/mol. The van der Waals surface area contributed by atoms with Crippen LogP contribution in [0.5, 0.6) is 5.75 Å². The van der Waals surface area contributed by atoms with Gasteiger partial charge in [-0.3, -0.25) is 71.9 Å². The highest BCUT2D eigenvalue weighted by Gasteiger charge is 2.48. The lowest BCUT2D eigenvalue weighted by atomic mass is 9.98. The van der Waals surface area contributed by atoms with Gasteiger partial charge in [-0.25, -0.2) is 13.2 Å². The number of H-pyrrole nitrogens is 1. The van der Waals surface area contributed by atoms with Gasteiger partial charge in [-0.1, -0.05) is 125 Å². The number of nitrogens with zero attached hydrogens (tertiary/aromatic N) is 5. The maximum absolute atomic E-state index is 15.6. The Morgan fingerprint density at radius 1 is 0.500 bits per heavy atom. The fourth-order valence-electron chi connectivity index (χ4n) is 15.3. The second-order valence-corrected chi connectivity index (χ2v) is 34.0. The van der Waals surface area contributed by atoms with Gasteiger partial charge < -0.3 is 97.6 Å². The van der Waals surface area contributed by atoms with Crippen molar-refractivity contribution in [3.63, 3.8) is 0 Å². The minimum atomic E-state index is -2.04. The number of aromatic hydroxyl groups is 1. The maximum atomic E-state index is 15.6. The normalized spacial score (nSPS) is 24.9. The summed E-state index contributed by atoms with van der Waals surface area (Å²) in [5, 5.41) is 74.1. The van der Waals surface area contributed by atoms with Gasteiger partial charge in [0.1, 0.15) is 78.3 Å². The van der Waals surface area contributed by atoms with Crippen LogP contribution in [0.4, 0.5) is 13.2 Å². The van der Waals surface area contributed by atoms with Gasteiger partial charge in [0, 0.05) is 107 Å². The number of likely N-dealkylation sites (N-methyl/N-ethyl adjacent to an activating group) is 3. The van der Waals surface area contributed by atoms with Gasteiger partial charge >= 0.3 is 11.9 Å². The van der Waals surface area contributed by atoms with Crippen LogP contribution in [0, 0.1) is 23.4 Å². The van der Waals surface area contributed by atoms with Gasteiger partial charge in [-0.2, -0.15) is 0 Å². The van der Waals surface area contributed by atoms with Crippen LogP contribution in [0.3, 0.4) is 0 Å². The highest BCUT2D eigenvalue weighted by molar-refractivity contribution is 8.00. The van der Waals surface area contributed by atoms with E-state index in [9.17, 15) is 63.5 Å². The molecule has 0 unspecified atom stereocenters. The summed E-state index contributed by atoms with van der Waals surface area (Å²) in [7, 11) is 3.63. The van der Waals surface area contributed by atoms with Crippen molar-refractivity contribution in [2.24, 2.45) is 5.92 Å². The van der Waals surface area contributed by atoms with Gasteiger partial charge in [0.2, 0.25) is 76.8 Å². The molecule has 3 aliphatic heterocycles. The highest BCUT2D eigenvalue weighted by Crippen LogP contribution is 2.29. The number of hydrogen-bond acceptors (Lipinski definition) is 20. The Kier molecular flexibility index (Phi) is 35.4. The summed E-state index contributed by atoms with van der Waals surface area (Å²) in [6.07, 6.45) is -4.35. The molecule has 14 N–H and O–H groups in total.